The number of nitrogens with one attached hydrogen (secondary N) is 1. The van der Waals surface area contributed by atoms with Gasteiger partial charge in [-0.2, -0.15) is 0 Å². The van der Waals surface area contributed by atoms with Crippen LogP contribution in [0.25, 0.3) is 21.8 Å². The number of ether oxygens (including phenoxy) is 1. The number of methoxy groups -OCH3 is 1. The van der Waals surface area contributed by atoms with Crippen LogP contribution in [0.3, 0.4) is 0 Å². The Labute approximate surface area is 98.6 Å². The van der Waals surface area contributed by atoms with E-state index in [2.05, 4.69) is 11.1 Å². The highest BCUT2D eigenvalue weighted by atomic mass is 16.5. The molecule has 0 aliphatic heterocycles. The lowest BCUT2D eigenvalue weighted by Gasteiger charge is -2.00. The summed E-state index contributed by atoms with van der Waals surface area (Å²) in [7, 11) is 1.67. The van der Waals surface area contributed by atoms with Gasteiger partial charge in [-0.05, 0) is 23.8 Å². The molecular weight excluding hydrogens is 214 g/mol. The largest absolute Gasteiger partial charge is 0.495 e. The lowest BCUT2D eigenvalue weighted by atomic mass is 10.1. The number of benzene rings is 2. The van der Waals surface area contributed by atoms with Crippen LogP contribution in [-0.2, 0) is 6.61 Å². The minimum atomic E-state index is 0.0621. The third kappa shape index (κ3) is 1.47. The first-order valence-corrected chi connectivity index (χ1v) is 5.51. The fourth-order valence-corrected chi connectivity index (χ4v) is 2.21. The van der Waals surface area contributed by atoms with Crippen LogP contribution >= 0.6 is 0 Å². The second kappa shape index (κ2) is 3.79. The molecule has 0 unspecified atom stereocenters. The summed E-state index contributed by atoms with van der Waals surface area (Å²) in [6.07, 6.45) is 0. The van der Waals surface area contributed by atoms with E-state index in [0.29, 0.717) is 0 Å². The molecule has 0 fully saturated rings. The molecule has 0 atom stereocenters. The van der Waals surface area contributed by atoms with Crippen molar-refractivity contribution in [2.45, 2.75) is 6.61 Å². The first-order chi connectivity index (χ1) is 8.33. The van der Waals surface area contributed by atoms with Crippen molar-refractivity contribution < 1.29 is 9.84 Å². The first kappa shape index (κ1) is 10.2. The van der Waals surface area contributed by atoms with Gasteiger partial charge in [-0.25, -0.2) is 0 Å². The lowest BCUT2D eigenvalue weighted by molar-refractivity contribution is 0.282. The maximum Gasteiger partial charge on any atom is 0.142 e. The number of H-pyrrole nitrogens is 1. The van der Waals surface area contributed by atoms with Crippen LogP contribution in [0.1, 0.15) is 5.56 Å². The lowest BCUT2D eigenvalue weighted by Crippen LogP contribution is -1.82. The van der Waals surface area contributed by atoms with Crippen molar-refractivity contribution in [2.75, 3.05) is 7.11 Å². The van der Waals surface area contributed by atoms with Gasteiger partial charge in [0.2, 0.25) is 0 Å². The number of hydrogen-bond donors (Lipinski definition) is 2. The van der Waals surface area contributed by atoms with Crippen LogP contribution in [0, 0.1) is 0 Å². The molecule has 0 amide bonds. The highest BCUT2D eigenvalue weighted by Gasteiger charge is 2.08. The fraction of sp³-hybridized carbons (Fsp3) is 0.143. The second-order valence-electron chi connectivity index (χ2n) is 4.05. The average Bonchev–Trinajstić information content (AvgIpc) is 2.76. The van der Waals surface area contributed by atoms with E-state index in [-0.39, 0.29) is 6.61 Å². The Balaban J connectivity index is 2.42. The Morgan fingerprint density at radius 3 is 2.82 bits per heavy atom. The van der Waals surface area contributed by atoms with Crippen molar-refractivity contribution in [3.63, 3.8) is 0 Å². The van der Waals surface area contributed by atoms with E-state index in [1.807, 2.05) is 30.3 Å². The van der Waals surface area contributed by atoms with Crippen molar-refractivity contribution >= 4 is 21.8 Å². The molecular formula is C14H13NO2. The van der Waals surface area contributed by atoms with Crippen LogP contribution in [0.4, 0.5) is 0 Å². The number of fused-ring (bicyclic) bond motifs is 3. The molecule has 3 rings (SSSR count). The summed E-state index contributed by atoms with van der Waals surface area (Å²) in [5, 5.41) is 11.4. The second-order valence-corrected chi connectivity index (χ2v) is 4.05. The quantitative estimate of drug-likeness (QED) is 0.707. The Kier molecular flexibility index (Phi) is 2.27. The number of para-hydroxylation sites is 1. The predicted molar refractivity (Wildman–Crippen MR) is 68.3 cm³/mol. The van der Waals surface area contributed by atoms with Gasteiger partial charge in [0.25, 0.3) is 0 Å². The molecule has 0 aliphatic rings. The van der Waals surface area contributed by atoms with Crippen LogP contribution in [0.5, 0.6) is 5.75 Å². The highest BCUT2D eigenvalue weighted by molar-refractivity contribution is 6.09. The van der Waals surface area contributed by atoms with Gasteiger partial charge < -0.3 is 14.8 Å². The molecule has 17 heavy (non-hydrogen) atoms. The van der Waals surface area contributed by atoms with E-state index >= 15 is 0 Å². The van der Waals surface area contributed by atoms with Gasteiger partial charge in [0.15, 0.2) is 0 Å². The third-order valence-corrected chi connectivity index (χ3v) is 3.06. The molecule has 0 radical (unpaired) electrons. The maximum absolute atomic E-state index is 9.17. The maximum atomic E-state index is 9.17. The van der Waals surface area contributed by atoms with Gasteiger partial charge in [0.05, 0.1) is 19.2 Å². The number of rotatable bonds is 2. The number of hydrogen-bond acceptors (Lipinski definition) is 2. The molecule has 2 aromatic carbocycles. The number of aliphatic hydroxyl groups excluding tert-OH is 1. The third-order valence-electron chi connectivity index (χ3n) is 3.06. The normalized spacial score (nSPS) is 11.2. The zero-order chi connectivity index (χ0) is 11.8. The zero-order valence-corrected chi connectivity index (χ0v) is 9.53. The number of aromatic nitrogens is 1. The Morgan fingerprint density at radius 1 is 1.18 bits per heavy atom. The molecule has 1 heterocycles. The smallest absolute Gasteiger partial charge is 0.142 e. The molecule has 0 spiro atoms. The van der Waals surface area contributed by atoms with Crippen LogP contribution < -0.4 is 4.74 Å². The van der Waals surface area contributed by atoms with Crippen molar-refractivity contribution in [1.82, 2.24) is 4.98 Å². The van der Waals surface area contributed by atoms with E-state index in [9.17, 15) is 5.11 Å². The molecule has 2 N–H and O–H groups in total. The minimum absolute atomic E-state index is 0.0621. The molecule has 86 valence electrons. The van der Waals surface area contributed by atoms with Gasteiger partial charge in [-0.1, -0.05) is 18.2 Å². The summed E-state index contributed by atoms with van der Waals surface area (Å²) < 4.78 is 5.33. The van der Waals surface area contributed by atoms with Gasteiger partial charge in [0.1, 0.15) is 5.75 Å². The van der Waals surface area contributed by atoms with Crippen LogP contribution in [0.2, 0.25) is 0 Å². The summed E-state index contributed by atoms with van der Waals surface area (Å²) in [5.74, 6) is 0.837. The van der Waals surface area contributed by atoms with E-state index in [0.717, 1.165) is 33.1 Å². The summed E-state index contributed by atoms with van der Waals surface area (Å²) in [6, 6.07) is 11.9. The molecule has 0 bridgehead atoms. The summed E-state index contributed by atoms with van der Waals surface area (Å²) in [4.78, 5) is 3.34. The number of aromatic amines is 1. The molecule has 0 saturated heterocycles. The van der Waals surface area contributed by atoms with Gasteiger partial charge >= 0.3 is 0 Å². The Bertz CT molecular complexity index is 685. The van der Waals surface area contributed by atoms with E-state index in [1.54, 1.807) is 7.11 Å². The van der Waals surface area contributed by atoms with Gasteiger partial charge in [-0.15, -0.1) is 0 Å². The van der Waals surface area contributed by atoms with Crippen LogP contribution in [-0.4, -0.2) is 17.2 Å². The zero-order valence-electron chi connectivity index (χ0n) is 9.53. The summed E-state index contributed by atoms with van der Waals surface area (Å²) in [5.41, 5.74) is 2.98. The van der Waals surface area contributed by atoms with Crippen LogP contribution in [0.15, 0.2) is 36.4 Å². The standard InChI is InChI=1S/C14H13NO2/c1-17-13-4-2-3-10-11-7-9(8-16)5-6-12(11)15-14(10)13/h2-7,15-16H,8H2,1H3. The molecule has 3 aromatic rings. The molecule has 0 aliphatic carbocycles. The highest BCUT2D eigenvalue weighted by Crippen LogP contribution is 2.31. The van der Waals surface area contributed by atoms with E-state index < -0.39 is 0 Å². The topological polar surface area (TPSA) is 45.2 Å². The summed E-state index contributed by atoms with van der Waals surface area (Å²) >= 11 is 0. The minimum Gasteiger partial charge on any atom is -0.495 e. The molecule has 1 aromatic heterocycles. The molecule has 3 heteroatoms. The van der Waals surface area contributed by atoms with Crippen molar-refractivity contribution in [2.24, 2.45) is 0 Å². The Morgan fingerprint density at radius 2 is 2.06 bits per heavy atom. The van der Waals surface area contributed by atoms with E-state index in [4.69, 9.17) is 4.74 Å². The number of aliphatic hydroxyl groups is 1. The fourth-order valence-electron chi connectivity index (χ4n) is 2.21. The molecule has 0 saturated carbocycles. The van der Waals surface area contributed by atoms with E-state index in [1.165, 1.54) is 0 Å². The predicted octanol–water partition coefficient (Wildman–Crippen LogP) is 2.82. The monoisotopic (exact) mass is 227 g/mol. The Hall–Kier alpha value is -2.00. The van der Waals surface area contributed by atoms with Gasteiger partial charge in [-0.3, -0.25) is 0 Å². The SMILES string of the molecule is COc1cccc2c1[nH]c1ccc(CO)cc12. The van der Waals surface area contributed by atoms with Gasteiger partial charge in [0, 0.05) is 16.3 Å². The average molecular weight is 227 g/mol. The molecule has 3 nitrogen and oxygen atoms in total. The van der Waals surface area contributed by atoms with Crippen molar-refractivity contribution in [1.29, 1.82) is 0 Å². The summed E-state index contributed by atoms with van der Waals surface area (Å²) in [6.45, 7) is 0.0621. The first-order valence-electron chi connectivity index (χ1n) is 5.51. The van der Waals surface area contributed by atoms with Crippen molar-refractivity contribution in [3.05, 3.63) is 42.0 Å². The van der Waals surface area contributed by atoms with Crippen molar-refractivity contribution in [3.8, 4) is 5.75 Å².